The average molecular weight is 358 g/mol. The molecule has 1 heterocycles. The summed E-state index contributed by atoms with van der Waals surface area (Å²) < 4.78 is 0. The Hall–Kier alpha value is -2.53. The van der Waals surface area contributed by atoms with Gasteiger partial charge in [0.05, 0.1) is 0 Å². The van der Waals surface area contributed by atoms with Crippen LogP contribution in [0.5, 0.6) is 0 Å². The molecule has 2 N–H and O–H groups in total. The molecule has 0 spiro atoms. The summed E-state index contributed by atoms with van der Waals surface area (Å²) in [5.74, 6) is 0.0563. The maximum absolute atomic E-state index is 12.0. The van der Waals surface area contributed by atoms with Crippen LogP contribution in [0.15, 0.2) is 36.4 Å². The molecule has 0 saturated carbocycles. The van der Waals surface area contributed by atoms with Crippen molar-refractivity contribution < 1.29 is 9.59 Å². The van der Waals surface area contributed by atoms with Crippen molar-refractivity contribution in [1.82, 2.24) is 5.32 Å². The van der Waals surface area contributed by atoms with Crippen molar-refractivity contribution in [2.45, 2.75) is 26.8 Å². The van der Waals surface area contributed by atoms with Crippen molar-refractivity contribution in [3.05, 3.63) is 58.1 Å². The van der Waals surface area contributed by atoms with Gasteiger partial charge in [-0.1, -0.05) is 29.8 Å². The van der Waals surface area contributed by atoms with Crippen molar-refractivity contribution in [2.24, 2.45) is 0 Å². The predicted octanol–water partition coefficient (Wildman–Crippen LogP) is 3.88. The van der Waals surface area contributed by atoms with Gasteiger partial charge in [0, 0.05) is 36.4 Å². The van der Waals surface area contributed by atoms with Crippen LogP contribution >= 0.6 is 11.6 Å². The average Bonchev–Trinajstić information content (AvgIpc) is 3.00. The van der Waals surface area contributed by atoms with E-state index in [0.29, 0.717) is 17.3 Å². The molecule has 3 amide bonds. The summed E-state index contributed by atoms with van der Waals surface area (Å²) in [6.07, 6.45) is 0.844. The fraction of sp³-hybridized carbons (Fsp3) is 0.263. The normalized spacial score (nSPS) is 12.7. The van der Waals surface area contributed by atoms with E-state index < -0.39 is 0 Å². The smallest absolute Gasteiger partial charge is 0.319 e. The fourth-order valence-corrected chi connectivity index (χ4v) is 3.10. The first-order chi connectivity index (χ1) is 11.9. The number of hydrogen-bond acceptors (Lipinski definition) is 2. The number of carbonyl (C=O) groups excluding carboxylic acids is 2. The van der Waals surface area contributed by atoms with Crippen LogP contribution in [-0.4, -0.2) is 18.5 Å². The number of nitrogens with zero attached hydrogens (tertiary/aromatic N) is 1. The van der Waals surface area contributed by atoms with E-state index in [1.54, 1.807) is 17.9 Å². The molecule has 6 heteroatoms. The number of amides is 3. The highest BCUT2D eigenvalue weighted by molar-refractivity contribution is 6.31. The van der Waals surface area contributed by atoms with Gasteiger partial charge in [-0.2, -0.15) is 0 Å². The van der Waals surface area contributed by atoms with E-state index in [9.17, 15) is 9.59 Å². The maximum Gasteiger partial charge on any atom is 0.319 e. The third-order valence-corrected chi connectivity index (χ3v) is 4.71. The molecule has 0 bridgehead atoms. The second-order valence-corrected chi connectivity index (χ2v) is 6.56. The van der Waals surface area contributed by atoms with Gasteiger partial charge in [-0.15, -0.1) is 0 Å². The van der Waals surface area contributed by atoms with Crippen LogP contribution in [-0.2, 0) is 17.8 Å². The number of nitrogens with one attached hydrogen (secondary N) is 2. The van der Waals surface area contributed by atoms with Crippen LogP contribution in [0.1, 0.15) is 23.6 Å². The third-order valence-electron chi connectivity index (χ3n) is 4.30. The van der Waals surface area contributed by atoms with Crippen molar-refractivity contribution in [3.63, 3.8) is 0 Å². The van der Waals surface area contributed by atoms with Crippen molar-refractivity contribution in [1.29, 1.82) is 0 Å². The Kier molecular flexibility index (Phi) is 4.95. The molecule has 0 unspecified atom stereocenters. The highest BCUT2D eigenvalue weighted by atomic mass is 35.5. The molecular weight excluding hydrogens is 338 g/mol. The second kappa shape index (κ2) is 7.15. The highest BCUT2D eigenvalue weighted by Gasteiger charge is 2.22. The summed E-state index contributed by atoms with van der Waals surface area (Å²) in [7, 11) is 0. The minimum absolute atomic E-state index is 0.0563. The number of anilines is 2. The summed E-state index contributed by atoms with van der Waals surface area (Å²) in [5.41, 5.74) is 4.72. The third kappa shape index (κ3) is 3.94. The van der Waals surface area contributed by atoms with Gasteiger partial charge in [0.1, 0.15) is 0 Å². The van der Waals surface area contributed by atoms with E-state index >= 15 is 0 Å². The summed E-state index contributed by atoms with van der Waals surface area (Å²) in [4.78, 5) is 25.4. The number of benzene rings is 2. The minimum atomic E-state index is -0.286. The van der Waals surface area contributed by atoms with E-state index in [2.05, 4.69) is 10.6 Å². The maximum atomic E-state index is 12.0. The topological polar surface area (TPSA) is 61.4 Å². The molecule has 1 aliphatic rings. The molecule has 0 atom stereocenters. The Balaban J connectivity index is 1.59. The van der Waals surface area contributed by atoms with Gasteiger partial charge in [0.15, 0.2) is 0 Å². The molecule has 5 nitrogen and oxygen atoms in total. The number of fused-ring (bicyclic) bond motifs is 1. The monoisotopic (exact) mass is 357 g/mol. The number of rotatable bonds is 3. The van der Waals surface area contributed by atoms with E-state index in [1.165, 1.54) is 0 Å². The van der Waals surface area contributed by atoms with Crippen LogP contribution in [0.4, 0.5) is 16.2 Å². The Morgan fingerprint density at radius 1 is 1.20 bits per heavy atom. The molecule has 1 aliphatic heterocycles. The van der Waals surface area contributed by atoms with Crippen LogP contribution in [0.25, 0.3) is 0 Å². The standard InChI is InChI=1S/C19H20ClN3O2/c1-12-3-5-16(10-17(12)20)22-19(25)21-11-14-4-6-18-15(9-14)7-8-23(18)13(2)24/h3-6,9-10H,7-8,11H2,1-2H3,(H2,21,22,25). The largest absolute Gasteiger partial charge is 0.334 e. The predicted molar refractivity (Wildman–Crippen MR) is 100 cm³/mol. The first-order valence-electron chi connectivity index (χ1n) is 8.15. The molecule has 0 fully saturated rings. The van der Waals surface area contributed by atoms with Crippen LogP contribution in [0.3, 0.4) is 0 Å². The van der Waals surface area contributed by atoms with Gasteiger partial charge in [-0.25, -0.2) is 4.79 Å². The zero-order valence-corrected chi connectivity index (χ0v) is 15.0. The number of carbonyl (C=O) groups is 2. The zero-order valence-electron chi connectivity index (χ0n) is 14.2. The van der Waals surface area contributed by atoms with Crippen molar-refractivity contribution >= 4 is 34.9 Å². The van der Waals surface area contributed by atoms with Gasteiger partial charge < -0.3 is 15.5 Å². The number of hydrogen-bond donors (Lipinski definition) is 2. The van der Waals surface area contributed by atoms with E-state index in [-0.39, 0.29) is 11.9 Å². The molecule has 25 heavy (non-hydrogen) atoms. The number of urea groups is 1. The van der Waals surface area contributed by atoms with Crippen LogP contribution < -0.4 is 15.5 Å². The molecule has 2 aromatic carbocycles. The van der Waals surface area contributed by atoms with Gasteiger partial charge in [0.2, 0.25) is 5.91 Å². The lowest BCUT2D eigenvalue weighted by atomic mass is 10.1. The SMILES string of the molecule is CC(=O)N1CCc2cc(CNC(=O)Nc3ccc(C)c(Cl)c3)ccc21. The molecule has 2 aromatic rings. The van der Waals surface area contributed by atoms with Gasteiger partial charge in [-0.3, -0.25) is 4.79 Å². The number of aryl methyl sites for hydroxylation is 1. The fourth-order valence-electron chi connectivity index (χ4n) is 2.92. The summed E-state index contributed by atoms with van der Waals surface area (Å²) >= 11 is 6.06. The molecule has 0 aromatic heterocycles. The summed E-state index contributed by atoms with van der Waals surface area (Å²) in [6, 6.07) is 11.0. The Morgan fingerprint density at radius 3 is 2.72 bits per heavy atom. The highest BCUT2D eigenvalue weighted by Crippen LogP contribution is 2.28. The molecule has 0 saturated heterocycles. The second-order valence-electron chi connectivity index (χ2n) is 6.16. The van der Waals surface area contributed by atoms with Crippen LogP contribution in [0.2, 0.25) is 5.02 Å². The molecule has 0 aliphatic carbocycles. The molecular formula is C19H20ClN3O2. The van der Waals surface area contributed by atoms with Gasteiger partial charge >= 0.3 is 6.03 Å². The lowest BCUT2D eigenvalue weighted by Gasteiger charge is -2.15. The zero-order chi connectivity index (χ0) is 18.0. The lowest BCUT2D eigenvalue weighted by Crippen LogP contribution is -2.28. The van der Waals surface area contributed by atoms with Crippen molar-refractivity contribution in [3.8, 4) is 0 Å². The Morgan fingerprint density at radius 2 is 2.00 bits per heavy atom. The molecule has 3 rings (SSSR count). The summed E-state index contributed by atoms with van der Waals surface area (Å²) in [6.45, 7) is 4.62. The van der Waals surface area contributed by atoms with Crippen molar-refractivity contribution in [2.75, 3.05) is 16.8 Å². The molecule has 0 radical (unpaired) electrons. The van der Waals surface area contributed by atoms with E-state index in [4.69, 9.17) is 11.6 Å². The minimum Gasteiger partial charge on any atom is -0.334 e. The Labute approximate surface area is 152 Å². The summed E-state index contributed by atoms with van der Waals surface area (Å²) in [5, 5.41) is 6.22. The molecule has 130 valence electrons. The number of halogens is 1. The van der Waals surface area contributed by atoms with E-state index in [0.717, 1.165) is 35.3 Å². The van der Waals surface area contributed by atoms with Gasteiger partial charge in [0.25, 0.3) is 0 Å². The quantitative estimate of drug-likeness (QED) is 0.875. The first-order valence-corrected chi connectivity index (χ1v) is 8.53. The Bertz CT molecular complexity index is 835. The first kappa shape index (κ1) is 17.3. The van der Waals surface area contributed by atoms with Crippen LogP contribution in [0, 0.1) is 6.92 Å². The van der Waals surface area contributed by atoms with Gasteiger partial charge in [-0.05, 0) is 48.2 Å². The van der Waals surface area contributed by atoms with E-state index in [1.807, 2.05) is 37.3 Å². The lowest BCUT2D eigenvalue weighted by molar-refractivity contribution is -0.116.